The van der Waals surface area contributed by atoms with Crippen LogP contribution in [0.3, 0.4) is 0 Å². The Morgan fingerprint density at radius 2 is 1.70 bits per heavy atom. The monoisotopic (exact) mass is 535 g/mol. The first kappa shape index (κ1) is 23.1. The first-order valence-electron chi connectivity index (χ1n) is 11.3. The molecular formula is C23H15F7N2O5. The van der Waals surface area contributed by atoms with E-state index in [2.05, 4.69) is 19.8 Å². The molecule has 196 valence electrons. The highest BCUT2D eigenvalue weighted by Crippen LogP contribution is 2.41. The van der Waals surface area contributed by atoms with E-state index >= 15 is 4.39 Å². The lowest BCUT2D eigenvalue weighted by atomic mass is 10.1. The quantitative estimate of drug-likeness (QED) is 0.264. The standard InChI is InChI=1S/C23H15F7N2O5/c1-10(33)13-9-11(7-8-31-13)32-22(34)17-14(4-3-12(18(17)24)21(26)27)36-16-6-5-15(37-23(28,29)30)19(25)20(16)35-2/h3-9,21H,1-2H3,(H,31,32,34)/i2D3. The maximum atomic E-state index is 15.1. The van der Waals surface area contributed by atoms with Gasteiger partial charge in [-0.1, -0.05) is 0 Å². The zero-order valence-corrected chi connectivity index (χ0v) is 18.3. The first-order chi connectivity index (χ1) is 18.5. The van der Waals surface area contributed by atoms with Gasteiger partial charge in [0.05, 0.1) is 16.7 Å². The average molecular weight is 535 g/mol. The zero-order chi connectivity index (χ0) is 30.0. The van der Waals surface area contributed by atoms with Crippen molar-refractivity contribution < 1.29 is 58.6 Å². The predicted octanol–water partition coefficient (Wildman–Crippen LogP) is 6.45. The van der Waals surface area contributed by atoms with Crippen LogP contribution >= 0.6 is 0 Å². The summed E-state index contributed by atoms with van der Waals surface area (Å²) in [5.41, 5.74) is -2.67. The van der Waals surface area contributed by atoms with Crippen molar-refractivity contribution in [2.24, 2.45) is 0 Å². The van der Waals surface area contributed by atoms with E-state index in [4.69, 9.17) is 8.85 Å². The fourth-order valence-corrected chi connectivity index (χ4v) is 2.95. The number of alkyl halides is 5. The molecule has 1 aromatic heterocycles. The van der Waals surface area contributed by atoms with Gasteiger partial charge < -0.3 is 19.5 Å². The van der Waals surface area contributed by atoms with Gasteiger partial charge in [-0.2, -0.15) is 4.39 Å². The number of methoxy groups -OCH3 is 1. The number of Topliss-reactive ketones (excluding diaryl/α,β-unsaturated/α-hetero) is 1. The van der Waals surface area contributed by atoms with Gasteiger partial charge in [0.25, 0.3) is 12.3 Å². The topological polar surface area (TPSA) is 86.8 Å². The van der Waals surface area contributed by atoms with Crippen molar-refractivity contribution in [3.63, 3.8) is 0 Å². The molecule has 0 fully saturated rings. The normalized spacial score (nSPS) is 12.8. The number of ether oxygens (including phenoxy) is 3. The molecule has 1 heterocycles. The number of anilines is 1. The highest BCUT2D eigenvalue weighted by molar-refractivity contribution is 6.07. The summed E-state index contributed by atoms with van der Waals surface area (Å²) in [4.78, 5) is 28.3. The largest absolute Gasteiger partial charge is 0.573 e. The Kier molecular flexibility index (Phi) is 6.68. The zero-order valence-electron chi connectivity index (χ0n) is 21.3. The lowest BCUT2D eigenvalue weighted by molar-refractivity contribution is -0.275. The van der Waals surface area contributed by atoms with Crippen molar-refractivity contribution in [1.82, 2.24) is 4.98 Å². The summed E-state index contributed by atoms with van der Waals surface area (Å²) < 4.78 is 129. The maximum Gasteiger partial charge on any atom is 0.573 e. The van der Waals surface area contributed by atoms with Crippen molar-refractivity contribution in [1.29, 1.82) is 0 Å². The van der Waals surface area contributed by atoms with Gasteiger partial charge in [-0.05, 0) is 36.4 Å². The molecule has 37 heavy (non-hydrogen) atoms. The molecular weight excluding hydrogens is 517 g/mol. The molecule has 0 aliphatic rings. The highest BCUT2D eigenvalue weighted by atomic mass is 19.4. The SMILES string of the molecule is [2H]C([2H])([2H])Oc1c(Oc2ccc(C(F)F)c(F)c2C(=O)Nc2ccnc(C(C)=O)c2)ccc(OC(F)(F)F)c1F. The molecule has 2 aromatic carbocycles. The van der Waals surface area contributed by atoms with Crippen molar-refractivity contribution in [3.05, 3.63) is 71.1 Å². The van der Waals surface area contributed by atoms with Crippen molar-refractivity contribution in [2.45, 2.75) is 19.7 Å². The number of hydrogen-bond acceptors (Lipinski definition) is 6. The number of aromatic nitrogens is 1. The van der Waals surface area contributed by atoms with Crippen LogP contribution in [0.15, 0.2) is 42.6 Å². The Balaban J connectivity index is 2.12. The van der Waals surface area contributed by atoms with Crippen LogP contribution in [0.4, 0.5) is 36.4 Å². The summed E-state index contributed by atoms with van der Waals surface area (Å²) in [5.74, 6) is -10.5. The minimum absolute atomic E-state index is 0.112. The minimum Gasteiger partial charge on any atom is -0.490 e. The molecule has 0 aliphatic heterocycles. The number of carbonyl (C=O) groups is 2. The molecule has 0 spiro atoms. The van der Waals surface area contributed by atoms with E-state index in [1.165, 1.54) is 6.07 Å². The molecule has 0 saturated carbocycles. The molecule has 0 radical (unpaired) electrons. The van der Waals surface area contributed by atoms with Crippen molar-refractivity contribution >= 4 is 17.4 Å². The van der Waals surface area contributed by atoms with Crippen LogP contribution in [0, 0.1) is 11.6 Å². The number of benzene rings is 2. The maximum absolute atomic E-state index is 15.1. The van der Waals surface area contributed by atoms with Gasteiger partial charge in [0, 0.05) is 18.8 Å². The van der Waals surface area contributed by atoms with Crippen LogP contribution in [0.25, 0.3) is 0 Å². The lowest BCUT2D eigenvalue weighted by Gasteiger charge is -2.17. The number of halogens is 7. The van der Waals surface area contributed by atoms with Crippen molar-refractivity contribution in [3.8, 4) is 23.0 Å². The van der Waals surface area contributed by atoms with Crippen LogP contribution in [-0.4, -0.2) is 30.1 Å². The molecule has 3 rings (SSSR count). The van der Waals surface area contributed by atoms with Crippen LogP contribution < -0.4 is 19.5 Å². The number of nitrogens with zero attached hydrogens (tertiary/aromatic N) is 1. The molecule has 0 aliphatic carbocycles. The third kappa shape index (κ3) is 6.26. The fourth-order valence-electron chi connectivity index (χ4n) is 2.95. The van der Waals surface area contributed by atoms with Crippen LogP contribution in [0.1, 0.15) is 43.9 Å². The van der Waals surface area contributed by atoms with E-state index in [1.807, 2.05) is 0 Å². The molecule has 7 nitrogen and oxygen atoms in total. The second-order valence-corrected chi connectivity index (χ2v) is 7.04. The first-order valence-corrected chi connectivity index (χ1v) is 9.81. The number of rotatable bonds is 8. The Hall–Kier alpha value is -4.36. The Labute approximate surface area is 208 Å². The number of pyridine rings is 1. The summed E-state index contributed by atoms with van der Waals surface area (Å²) in [6, 6.07) is 4.35. The average Bonchev–Trinajstić information content (AvgIpc) is 2.81. The second kappa shape index (κ2) is 10.7. The second-order valence-electron chi connectivity index (χ2n) is 7.04. The molecule has 0 unspecified atom stereocenters. The van der Waals surface area contributed by atoms with E-state index in [-0.39, 0.29) is 11.4 Å². The van der Waals surface area contributed by atoms with E-state index in [1.54, 1.807) is 0 Å². The molecule has 0 atom stereocenters. The highest BCUT2D eigenvalue weighted by Gasteiger charge is 2.34. The van der Waals surface area contributed by atoms with Crippen LogP contribution in [0.5, 0.6) is 23.0 Å². The predicted molar refractivity (Wildman–Crippen MR) is 113 cm³/mol. The van der Waals surface area contributed by atoms with Crippen molar-refractivity contribution in [2.75, 3.05) is 12.4 Å². The molecule has 0 saturated heterocycles. The van der Waals surface area contributed by atoms with Crippen LogP contribution in [0.2, 0.25) is 0 Å². The van der Waals surface area contributed by atoms with E-state index in [0.717, 1.165) is 19.2 Å². The smallest absolute Gasteiger partial charge is 0.490 e. The van der Waals surface area contributed by atoms with E-state index in [0.29, 0.717) is 24.3 Å². The molecule has 14 heteroatoms. The van der Waals surface area contributed by atoms with E-state index in [9.17, 15) is 35.9 Å². The van der Waals surface area contributed by atoms with Gasteiger partial charge in [0.1, 0.15) is 22.8 Å². The summed E-state index contributed by atoms with van der Waals surface area (Å²) in [5, 5.41) is 2.15. The number of amides is 1. The number of hydrogen-bond donors (Lipinski definition) is 1. The lowest BCUT2D eigenvalue weighted by Crippen LogP contribution is -2.18. The summed E-state index contributed by atoms with van der Waals surface area (Å²) in [6.07, 6.45) is -7.70. The van der Waals surface area contributed by atoms with Gasteiger partial charge >= 0.3 is 6.36 Å². The number of ketones is 1. The Morgan fingerprint density at radius 3 is 2.32 bits per heavy atom. The molecule has 0 bridgehead atoms. The Bertz CT molecular complexity index is 1450. The minimum atomic E-state index is -5.39. The molecule has 1 N–H and O–H groups in total. The molecule has 1 amide bonds. The van der Waals surface area contributed by atoms with Crippen LogP contribution in [-0.2, 0) is 0 Å². The van der Waals surface area contributed by atoms with Gasteiger partial charge in [0.2, 0.25) is 11.6 Å². The Morgan fingerprint density at radius 1 is 1.03 bits per heavy atom. The van der Waals surface area contributed by atoms with E-state index < -0.39 is 77.3 Å². The number of nitrogens with one attached hydrogen (secondary N) is 1. The summed E-state index contributed by atoms with van der Waals surface area (Å²) >= 11 is 0. The third-order valence-electron chi connectivity index (χ3n) is 4.55. The van der Waals surface area contributed by atoms with Gasteiger partial charge in [-0.3, -0.25) is 14.6 Å². The fraction of sp³-hybridized carbons (Fsp3) is 0.174. The van der Waals surface area contributed by atoms with Gasteiger partial charge in [-0.15, -0.1) is 13.2 Å². The molecule has 3 aromatic rings. The summed E-state index contributed by atoms with van der Waals surface area (Å²) in [6.45, 7) is 1.16. The van der Waals surface area contributed by atoms with Gasteiger partial charge in [0.15, 0.2) is 17.3 Å². The van der Waals surface area contributed by atoms with Gasteiger partial charge in [-0.25, -0.2) is 13.2 Å². The number of carbonyl (C=O) groups excluding carboxylic acids is 2. The third-order valence-corrected chi connectivity index (χ3v) is 4.55. The summed E-state index contributed by atoms with van der Waals surface area (Å²) in [7, 11) is -3.45.